The first kappa shape index (κ1) is 46.4. The number of nitrogens with zero attached hydrogens (tertiary/aromatic N) is 4. The van der Waals surface area contributed by atoms with Crippen molar-refractivity contribution in [1.29, 1.82) is 0 Å². The van der Waals surface area contributed by atoms with Gasteiger partial charge in [0.2, 0.25) is 0 Å². The third-order valence-electron chi connectivity index (χ3n) is 10.1. The average Bonchev–Trinajstić information content (AvgIpc) is 3.10. The zero-order valence-corrected chi connectivity index (χ0v) is 34.5. The van der Waals surface area contributed by atoms with Crippen LogP contribution in [-0.4, -0.2) is 115 Å². The standard InChI is InChI=1S/C42H75N5O6/c1-31(2)16-23-46(24-17-32(3)4)27-21-45-36(39-40(49)34(7)30-53-42(39)51)15-13-11-9-8-10-12-14-35(38-37(48)19-29-52-41(38)50)44-22-28-47(26-20-43)25-18-33(5)6/h31-34,48-49H,8-30,43H2,1-7H3/t34-/m0/s1. The molecular weight excluding hydrogens is 670 g/mol. The quantitative estimate of drug-likeness (QED) is 0.0422. The Morgan fingerprint density at radius 2 is 1.15 bits per heavy atom. The Kier molecular flexibility index (Phi) is 22.9. The Hall–Kier alpha value is -2.76. The summed E-state index contributed by atoms with van der Waals surface area (Å²) in [6, 6.07) is 0. The molecule has 0 bridgehead atoms. The van der Waals surface area contributed by atoms with Crippen LogP contribution in [0.4, 0.5) is 0 Å². The van der Waals surface area contributed by atoms with E-state index in [4.69, 9.17) is 25.2 Å². The predicted molar refractivity (Wildman–Crippen MR) is 217 cm³/mol. The zero-order chi connectivity index (χ0) is 39.2. The number of hydrogen-bond donors (Lipinski definition) is 3. The molecule has 0 saturated carbocycles. The van der Waals surface area contributed by atoms with Gasteiger partial charge < -0.3 is 35.2 Å². The number of aliphatic hydroxyl groups excluding tert-OH is 2. The average molecular weight is 746 g/mol. The maximum atomic E-state index is 12.8. The Bertz CT molecular complexity index is 1210. The van der Waals surface area contributed by atoms with Crippen molar-refractivity contribution in [3.05, 3.63) is 22.7 Å². The van der Waals surface area contributed by atoms with E-state index in [0.717, 1.165) is 97.1 Å². The summed E-state index contributed by atoms with van der Waals surface area (Å²) < 4.78 is 10.7. The van der Waals surface area contributed by atoms with Gasteiger partial charge in [0.15, 0.2) is 0 Å². The van der Waals surface area contributed by atoms with Gasteiger partial charge in [0.25, 0.3) is 0 Å². The van der Waals surface area contributed by atoms with E-state index in [1.165, 1.54) is 0 Å². The van der Waals surface area contributed by atoms with Crippen LogP contribution in [0.15, 0.2) is 32.6 Å². The molecule has 0 spiro atoms. The number of aliphatic imine (C=N–C) groups is 2. The number of nitrogens with two attached hydrogens (primary N) is 1. The lowest BCUT2D eigenvalue weighted by Crippen LogP contribution is -2.33. The summed E-state index contributed by atoms with van der Waals surface area (Å²) in [6.45, 7) is 22.8. The lowest BCUT2D eigenvalue weighted by Gasteiger charge is -2.24. The van der Waals surface area contributed by atoms with Gasteiger partial charge in [0.1, 0.15) is 29.3 Å². The molecule has 0 aromatic carbocycles. The number of aliphatic hydroxyl groups is 2. The normalized spacial score (nSPS) is 17.7. The van der Waals surface area contributed by atoms with Crippen LogP contribution in [0.25, 0.3) is 0 Å². The molecule has 0 fully saturated rings. The van der Waals surface area contributed by atoms with Crippen LogP contribution in [0.3, 0.4) is 0 Å². The first-order valence-corrected chi connectivity index (χ1v) is 20.8. The second-order valence-electron chi connectivity index (χ2n) is 16.3. The molecule has 0 aliphatic carbocycles. The highest BCUT2D eigenvalue weighted by atomic mass is 16.5. The Labute approximate surface area is 321 Å². The predicted octanol–water partition coefficient (Wildman–Crippen LogP) is 7.45. The fourth-order valence-electron chi connectivity index (χ4n) is 6.49. The van der Waals surface area contributed by atoms with E-state index in [0.29, 0.717) is 68.1 Å². The number of cyclic esters (lactones) is 2. The van der Waals surface area contributed by atoms with E-state index in [-0.39, 0.29) is 41.8 Å². The van der Waals surface area contributed by atoms with Crippen molar-refractivity contribution < 1.29 is 29.3 Å². The molecule has 304 valence electrons. The minimum absolute atomic E-state index is 0.0762. The van der Waals surface area contributed by atoms with Crippen LogP contribution < -0.4 is 5.73 Å². The van der Waals surface area contributed by atoms with Crippen molar-refractivity contribution in [2.45, 2.75) is 126 Å². The first-order chi connectivity index (χ1) is 25.3. The molecule has 0 amide bonds. The van der Waals surface area contributed by atoms with Gasteiger partial charge in [-0.1, -0.05) is 74.1 Å². The number of carbonyl (C=O) groups is 2. The molecule has 2 rings (SSSR count). The van der Waals surface area contributed by atoms with Crippen molar-refractivity contribution in [2.24, 2.45) is 39.4 Å². The third-order valence-corrected chi connectivity index (χ3v) is 10.1. The Balaban J connectivity index is 1.97. The molecule has 4 N–H and O–H groups in total. The molecule has 0 radical (unpaired) electrons. The van der Waals surface area contributed by atoms with Gasteiger partial charge in [-0.15, -0.1) is 0 Å². The fraction of sp³-hybridized carbons (Fsp3) is 0.810. The van der Waals surface area contributed by atoms with Crippen molar-refractivity contribution in [1.82, 2.24) is 9.80 Å². The highest BCUT2D eigenvalue weighted by Crippen LogP contribution is 2.24. The largest absolute Gasteiger partial charge is 0.511 e. The van der Waals surface area contributed by atoms with Crippen molar-refractivity contribution >= 4 is 23.4 Å². The lowest BCUT2D eigenvalue weighted by atomic mass is 9.95. The first-order valence-electron chi connectivity index (χ1n) is 20.8. The van der Waals surface area contributed by atoms with E-state index in [9.17, 15) is 19.8 Å². The molecule has 0 saturated heterocycles. The Morgan fingerprint density at radius 1 is 0.698 bits per heavy atom. The van der Waals surface area contributed by atoms with Crippen LogP contribution >= 0.6 is 0 Å². The van der Waals surface area contributed by atoms with E-state index >= 15 is 0 Å². The van der Waals surface area contributed by atoms with E-state index < -0.39 is 11.9 Å². The third kappa shape index (κ3) is 18.4. The molecular formula is C42H75N5O6. The minimum Gasteiger partial charge on any atom is -0.511 e. The van der Waals surface area contributed by atoms with Gasteiger partial charge in [0.05, 0.1) is 31.1 Å². The summed E-state index contributed by atoms with van der Waals surface area (Å²) in [7, 11) is 0. The molecule has 11 heteroatoms. The molecule has 2 heterocycles. The molecule has 0 aromatic rings. The van der Waals surface area contributed by atoms with Crippen LogP contribution in [0.5, 0.6) is 0 Å². The van der Waals surface area contributed by atoms with Crippen LogP contribution in [0.1, 0.15) is 126 Å². The van der Waals surface area contributed by atoms with Crippen molar-refractivity contribution in [3.63, 3.8) is 0 Å². The van der Waals surface area contributed by atoms with Crippen molar-refractivity contribution in [3.8, 4) is 0 Å². The number of unbranched alkanes of at least 4 members (excludes halogenated alkanes) is 5. The van der Waals surface area contributed by atoms with Gasteiger partial charge in [0, 0.05) is 38.5 Å². The van der Waals surface area contributed by atoms with E-state index in [1.807, 2.05) is 6.92 Å². The fourth-order valence-corrected chi connectivity index (χ4v) is 6.49. The summed E-state index contributed by atoms with van der Waals surface area (Å²) in [6.07, 6.45) is 10.6. The molecule has 11 nitrogen and oxygen atoms in total. The van der Waals surface area contributed by atoms with E-state index in [1.54, 1.807) is 0 Å². The maximum absolute atomic E-state index is 12.8. The van der Waals surface area contributed by atoms with Crippen LogP contribution in [-0.2, 0) is 19.1 Å². The smallest absolute Gasteiger partial charge is 0.343 e. The van der Waals surface area contributed by atoms with Gasteiger partial charge in [-0.25, -0.2) is 9.59 Å². The maximum Gasteiger partial charge on any atom is 0.343 e. The summed E-state index contributed by atoms with van der Waals surface area (Å²) in [5, 5.41) is 21.5. The van der Waals surface area contributed by atoms with Crippen LogP contribution in [0, 0.1) is 23.7 Å². The summed E-state index contributed by atoms with van der Waals surface area (Å²) in [5.41, 5.74) is 7.66. The molecule has 53 heavy (non-hydrogen) atoms. The highest BCUT2D eigenvalue weighted by molar-refractivity contribution is 6.21. The molecule has 0 unspecified atom stereocenters. The summed E-state index contributed by atoms with van der Waals surface area (Å²) >= 11 is 0. The number of rotatable bonds is 28. The SMILES string of the molecule is CC(C)CCN(CCN)CCN=C(CCCCCCCCC(=NCCN(CCC(C)C)CCC(C)C)C1=C(O)[C@@H](C)COC1=O)C1=C(O)CCOC1=O. The van der Waals surface area contributed by atoms with Gasteiger partial charge in [-0.3, -0.25) is 9.98 Å². The van der Waals surface area contributed by atoms with E-state index in [2.05, 4.69) is 51.3 Å². The van der Waals surface area contributed by atoms with Gasteiger partial charge in [-0.2, -0.15) is 0 Å². The monoisotopic (exact) mass is 746 g/mol. The number of hydrogen-bond acceptors (Lipinski definition) is 11. The van der Waals surface area contributed by atoms with Crippen molar-refractivity contribution in [2.75, 3.05) is 72.1 Å². The number of esters is 2. The summed E-state index contributed by atoms with van der Waals surface area (Å²) in [5.74, 6) is 0.850. The van der Waals surface area contributed by atoms with Crippen LogP contribution in [0.2, 0.25) is 0 Å². The molecule has 2 aliphatic heterocycles. The lowest BCUT2D eigenvalue weighted by molar-refractivity contribution is -0.142. The van der Waals surface area contributed by atoms with Gasteiger partial charge in [-0.05, 0) is 82.3 Å². The zero-order valence-electron chi connectivity index (χ0n) is 34.5. The molecule has 2 aliphatic rings. The second-order valence-corrected chi connectivity index (χ2v) is 16.3. The highest BCUT2D eigenvalue weighted by Gasteiger charge is 2.31. The Morgan fingerprint density at radius 3 is 1.62 bits per heavy atom. The molecule has 1 atom stereocenters. The molecule has 0 aromatic heterocycles. The van der Waals surface area contributed by atoms with Gasteiger partial charge >= 0.3 is 11.9 Å². The number of carbonyl (C=O) groups excluding carboxylic acids is 2. The topological polar surface area (TPSA) is 150 Å². The number of ether oxygens (including phenoxy) is 2. The second kappa shape index (κ2) is 26.1. The minimum atomic E-state index is -0.486. The summed E-state index contributed by atoms with van der Waals surface area (Å²) in [4.78, 5) is 40.1.